The summed E-state index contributed by atoms with van der Waals surface area (Å²) in [4.78, 5) is 31.2. The molecular formula is C27H30F2N4O2. The summed E-state index contributed by atoms with van der Waals surface area (Å²) in [6, 6.07) is 11.1. The molecule has 0 saturated carbocycles. The highest BCUT2D eigenvalue weighted by Gasteiger charge is 2.21. The van der Waals surface area contributed by atoms with Gasteiger partial charge in [-0.25, -0.2) is 23.1 Å². The number of hydrogen-bond donors (Lipinski definition) is 0. The van der Waals surface area contributed by atoms with Crippen molar-refractivity contribution in [1.82, 2.24) is 18.7 Å². The van der Waals surface area contributed by atoms with Crippen molar-refractivity contribution in [3.63, 3.8) is 0 Å². The second kappa shape index (κ2) is 9.24. The first-order valence-corrected chi connectivity index (χ1v) is 11.7. The molecule has 184 valence electrons. The minimum Gasteiger partial charge on any atom is -0.320 e. The summed E-state index contributed by atoms with van der Waals surface area (Å²) in [5.74, 6) is -1.41. The number of halogens is 2. The first kappa shape index (κ1) is 24.6. The lowest BCUT2D eigenvalue weighted by molar-refractivity contribution is 0.490. The summed E-state index contributed by atoms with van der Waals surface area (Å²) >= 11 is 0. The maximum Gasteiger partial charge on any atom is 0.337 e. The number of aromatic nitrogens is 4. The Bertz CT molecular complexity index is 1490. The Hall–Kier alpha value is -3.55. The van der Waals surface area contributed by atoms with Gasteiger partial charge >= 0.3 is 5.69 Å². The Labute approximate surface area is 202 Å². The molecule has 8 heteroatoms. The Kier molecular flexibility index (Phi) is 6.49. The number of benzene rings is 2. The molecule has 35 heavy (non-hydrogen) atoms. The molecule has 6 nitrogen and oxygen atoms in total. The summed E-state index contributed by atoms with van der Waals surface area (Å²) in [6.07, 6.45) is 2.07. The molecule has 2 heterocycles. The molecule has 4 aromatic rings. The van der Waals surface area contributed by atoms with Gasteiger partial charge in [0.05, 0.1) is 12.0 Å². The largest absolute Gasteiger partial charge is 0.337 e. The van der Waals surface area contributed by atoms with Gasteiger partial charge < -0.3 is 4.57 Å². The van der Waals surface area contributed by atoms with Crippen LogP contribution in [0.5, 0.6) is 0 Å². The van der Waals surface area contributed by atoms with E-state index < -0.39 is 22.9 Å². The van der Waals surface area contributed by atoms with Gasteiger partial charge in [-0.2, -0.15) is 0 Å². The normalized spacial score (nSPS) is 12.1. The Morgan fingerprint density at radius 2 is 1.69 bits per heavy atom. The van der Waals surface area contributed by atoms with E-state index >= 15 is 0 Å². The van der Waals surface area contributed by atoms with Crippen molar-refractivity contribution < 1.29 is 8.78 Å². The third-order valence-electron chi connectivity index (χ3n) is 6.15. The third kappa shape index (κ3) is 4.83. The lowest BCUT2D eigenvalue weighted by Crippen LogP contribution is -2.40. The second-order valence-electron chi connectivity index (χ2n) is 10.3. The van der Waals surface area contributed by atoms with Gasteiger partial charge in [0, 0.05) is 19.2 Å². The molecule has 0 saturated heterocycles. The van der Waals surface area contributed by atoms with E-state index in [1.807, 2.05) is 26.0 Å². The van der Waals surface area contributed by atoms with E-state index in [0.717, 1.165) is 20.8 Å². The fourth-order valence-corrected chi connectivity index (χ4v) is 4.07. The SMILES string of the molecule is CC(C)CCn1c(=O)c2c(ncn2Cc2ccc(C(C)(C)C)cc2)n(-c2ccc(F)cc2F)c1=O. The molecule has 2 aromatic heterocycles. The highest BCUT2D eigenvalue weighted by atomic mass is 19.1. The van der Waals surface area contributed by atoms with Crippen LogP contribution in [0.25, 0.3) is 16.9 Å². The smallest absolute Gasteiger partial charge is 0.320 e. The number of hydrogen-bond acceptors (Lipinski definition) is 3. The molecule has 0 amide bonds. The molecule has 0 aliphatic carbocycles. The van der Waals surface area contributed by atoms with Crippen molar-refractivity contribution in [2.75, 3.05) is 0 Å². The number of rotatable bonds is 6. The Morgan fingerprint density at radius 1 is 1.00 bits per heavy atom. The second-order valence-corrected chi connectivity index (χ2v) is 10.3. The van der Waals surface area contributed by atoms with E-state index in [2.05, 4.69) is 37.9 Å². The van der Waals surface area contributed by atoms with Gasteiger partial charge in [-0.3, -0.25) is 9.36 Å². The van der Waals surface area contributed by atoms with Crippen molar-refractivity contribution in [3.05, 3.63) is 92.4 Å². The molecular weight excluding hydrogens is 450 g/mol. The monoisotopic (exact) mass is 480 g/mol. The van der Waals surface area contributed by atoms with Crippen molar-refractivity contribution in [3.8, 4) is 5.69 Å². The predicted octanol–water partition coefficient (Wildman–Crippen LogP) is 5.02. The molecule has 0 aliphatic heterocycles. The molecule has 0 radical (unpaired) electrons. The third-order valence-corrected chi connectivity index (χ3v) is 6.15. The highest BCUT2D eigenvalue weighted by Crippen LogP contribution is 2.23. The van der Waals surface area contributed by atoms with Crippen molar-refractivity contribution >= 4 is 11.2 Å². The molecule has 0 spiro atoms. The van der Waals surface area contributed by atoms with Crippen LogP contribution in [0.1, 0.15) is 52.2 Å². The van der Waals surface area contributed by atoms with Crippen LogP contribution in [-0.4, -0.2) is 18.7 Å². The molecule has 0 atom stereocenters. The number of nitrogens with zero attached hydrogens (tertiary/aromatic N) is 4. The molecule has 0 N–H and O–H groups in total. The lowest BCUT2D eigenvalue weighted by Gasteiger charge is -2.19. The van der Waals surface area contributed by atoms with Crippen molar-refractivity contribution in [2.45, 2.75) is 59.5 Å². The lowest BCUT2D eigenvalue weighted by atomic mass is 9.87. The van der Waals surface area contributed by atoms with E-state index in [9.17, 15) is 18.4 Å². The van der Waals surface area contributed by atoms with Crippen LogP contribution >= 0.6 is 0 Å². The molecule has 0 aliphatic rings. The van der Waals surface area contributed by atoms with E-state index in [0.29, 0.717) is 19.0 Å². The molecule has 0 bridgehead atoms. The zero-order valence-electron chi connectivity index (χ0n) is 20.7. The van der Waals surface area contributed by atoms with Crippen LogP contribution in [0.3, 0.4) is 0 Å². The van der Waals surface area contributed by atoms with Crippen LogP contribution in [0, 0.1) is 17.6 Å². The van der Waals surface area contributed by atoms with Gasteiger partial charge in [0.15, 0.2) is 11.2 Å². The van der Waals surface area contributed by atoms with E-state index in [4.69, 9.17) is 0 Å². The van der Waals surface area contributed by atoms with E-state index in [1.54, 1.807) is 4.57 Å². The van der Waals surface area contributed by atoms with Crippen LogP contribution in [0.4, 0.5) is 8.78 Å². The summed E-state index contributed by atoms with van der Waals surface area (Å²) in [5, 5.41) is 0. The minimum absolute atomic E-state index is 0.0136. The zero-order chi connectivity index (χ0) is 25.5. The quantitative estimate of drug-likeness (QED) is 0.389. The van der Waals surface area contributed by atoms with Crippen LogP contribution < -0.4 is 11.2 Å². The van der Waals surface area contributed by atoms with Gasteiger partial charge in [-0.1, -0.05) is 58.9 Å². The molecule has 2 aromatic carbocycles. The molecule has 0 fully saturated rings. The predicted molar refractivity (Wildman–Crippen MR) is 133 cm³/mol. The number of imidazole rings is 1. The van der Waals surface area contributed by atoms with E-state index in [1.165, 1.54) is 18.0 Å². The fraction of sp³-hybridized carbons (Fsp3) is 0.370. The average Bonchev–Trinajstić information content (AvgIpc) is 3.18. The minimum atomic E-state index is -0.908. The molecule has 0 unspecified atom stereocenters. The summed E-state index contributed by atoms with van der Waals surface area (Å²) in [7, 11) is 0. The van der Waals surface area contributed by atoms with Gasteiger partial charge in [-0.15, -0.1) is 0 Å². The van der Waals surface area contributed by atoms with Gasteiger partial charge in [-0.05, 0) is 41.0 Å². The fourth-order valence-electron chi connectivity index (χ4n) is 4.07. The number of fused-ring (bicyclic) bond motifs is 1. The van der Waals surface area contributed by atoms with Gasteiger partial charge in [0.25, 0.3) is 5.56 Å². The van der Waals surface area contributed by atoms with Crippen LogP contribution in [0.2, 0.25) is 0 Å². The van der Waals surface area contributed by atoms with Crippen LogP contribution in [0.15, 0.2) is 58.4 Å². The Morgan fingerprint density at radius 3 is 2.29 bits per heavy atom. The average molecular weight is 481 g/mol. The summed E-state index contributed by atoms with van der Waals surface area (Å²) < 4.78 is 32.2. The van der Waals surface area contributed by atoms with Gasteiger partial charge in [0.1, 0.15) is 11.6 Å². The first-order valence-electron chi connectivity index (χ1n) is 11.7. The van der Waals surface area contributed by atoms with Crippen molar-refractivity contribution in [1.29, 1.82) is 0 Å². The summed E-state index contributed by atoms with van der Waals surface area (Å²) in [5.41, 5.74) is 1.06. The summed E-state index contributed by atoms with van der Waals surface area (Å²) in [6.45, 7) is 10.9. The molecule has 4 rings (SSSR count). The van der Waals surface area contributed by atoms with Crippen LogP contribution in [-0.2, 0) is 18.5 Å². The first-order chi connectivity index (χ1) is 16.5. The topological polar surface area (TPSA) is 61.8 Å². The highest BCUT2D eigenvalue weighted by molar-refractivity contribution is 5.72. The maximum atomic E-state index is 14.8. The maximum absolute atomic E-state index is 14.8. The van der Waals surface area contributed by atoms with E-state index in [-0.39, 0.29) is 34.7 Å². The Balaban J connectivity index is 1.90. The standard InChI is InChI=1S/C27H30F2N4O2/c1-17(2)12-13-32-25(34)23-24(33(26(32)35)22-11-10-20(28)14-21(22)29)30-16-31(23)15-18-6-8-19(9-7-18)27(3,4)5/h6-11,14,16-17H,12-13,15H2,1-5H3. The van der Waals surface area contributed by atoms with Gasteiger partial charge in [0.2, 0.25) is 0 Å². The zero-order valence-corrected chi connectivity index (χ0v) is 20.7. The van der Waals surface area contributed by atoms with Crippen molar-refractivity contribution in [2.24, 2.45) is 5.92 Å².